The molecule has 2 heterocycles. The van der Waals surface area contributed by atoms with E-state index in [0.717, 1.165) is 34.5 Å². The van der Waals surface area contributed by atoms with Crippen LogP contribution in [-0.4, -0.2) is 75.4 Å². The number of piperidine rings is 1. The number of ether oxygens (including phenoxy) is 1. The zero-order valence-electron chi connectivity index (χ0n) is 22.0. The lowest BCUT2D eigenvalue weighted by Crippen LogP contribution is -2.45. The number of fused-ring (bicyclic) bond motifs is 1. The zero-order valence-corrected chi connectivity index (χ0v) is 23.6. The fourth-order valence-corrected chi connectivity index (χ4v) is 7.05. The SMILES string of the molecule is CCOc1cccc2sc(N(CCCN(C)C)C(=O)C3CCN(S(=O)(=O)c4ccc(C)cc4)CC3)nc12. The third-order valence-electron chi connectivity index (χ3n) is 6.62. The number of carbonyl (C=O) groups excluding carboxylic acids is 1. The first-order valence-corrected chi connectivity index (χ1v) is 15.0. The van der Waals surface area contributed by atoms with Gasteiger partial charge in [0.2, 0.25) is 15.9 Å². The molecule has 0 atom stereocenters. The van der Waals surface area contributed by atoms with Gasteiger partial charge in [-0.15, -0.1) is 0 Å². The molecule has 0 bridgehead atoms. The molecule has 0 unspecified atom stereocenters. The van der Waals surface area contributed by atoms with Crippen LogP contribution >= 0.6 is 11.3 Å². The Labute approximate surface area is 223 Å². The summed E-state index contributed by atoms with van der Waals surface area (Å²) in [6, 6.07) is 12.8. The van der Waals surface area contributed by atoms with Crippen molar-refractivity contribution in [2.75, 3.05) is 51.8 Å². The Hall–Kier alpha value is -2.53. The maximum atomic E-state index is 13.8. The molecule has 10 heteroatoms. The van der Waals surface area contributed by atoms with Gasteiger partial charge in [0.25, 0.3) is 0 Å². The predicted octanol–water partition coefficient (Wildman–Crippen LogP) is 4.39. The smallest absolute Gasteiger partial charge is 0.243 e. The van der Waals surface area contributed by atoms with Crippen LogP contribution in [0.3, 0.4) is 0 Å². The number of para-hydroxylation sites is 1. The summed E-state index contributed by atoms with van der Waals surface area (Å²) in [6.45, 7) is 6.48. The van der Waals surface area contributed by atoms with Crippen molar-refractivity contribution in [1.82, 2.24) is 14.2 Å². The third-order valence-corrected chi connectivity index (χ3v) is 9.57. The van der Waals surface area contributed by atoms with Crippen molar-refractivity contribution in [3.05, 3.63) is 48.0 Å². The van der Waals surface area contributed by atoms with Crippen LogP contribution < -0.4 is 9.64 Å². The monoisotopic (exact) mass is 544 g/mol. The zero-order chi connectivity index (χ0) is 26.6. The molecule has 1 aliphatic heterocycles. The summed E-state index contributed by atoms with van der Waals surface area (Å²) >= 11 is 1.49. The van der Waals surface area contributed by atoms with E-state index in [1.54, 1.807) is 17.0 Å². The topological polar surface area (TPSA) is 83.0 Å². The molecule has 1 saturated heterocycles. The van der Waals surface area contributed by atoms with Crippen LogP contribution in [0.5, 0.6) is 5.75 Å². The third kappa shape index (κ3) is 6.31. The van der Waals surface area contributed by atoms with E-state index in [2.05, 4.69) is 4.90 Å². The van der Waals surface area contributed by atoms with Gasteiger partial charge in [0.15, 0.2) is 5.13 Å². The van der Waals surface area contributed by atoms with Crippen LogP contribution in [0.2, 0.25) is 0 Å². The fourth-order valence-electron chi connectivity index (χ4n) is 4.57. The number of sulfonamides is 1. The van der Waals surface area contributed by atoms with Gasteiger partial charge in [-0.25, -0.2) is 13.4 Å². The van der Waals surface area contributed by atoms with Crippen molar-refractivity contribution in [2.24, 2.45) is 5.92 Å². The molecule has 8 nitrogen and oxygen atoms in total. The number of hydrogen-bond donors (Lipinski definition) is 0. The van der Waals surface area contributed by atoms with Crippen LogP contribution in [0.15, 0.2) is 47.4 Å². The summed E-state index contributed by atoms with van der Waals surface area (Å²) in [5.41, 5.74) is 1.79. The van der Waals surface area contributed by atoms with Gasteiger partial charge < -0.3 is 9.64 Å². The lowest BCUT2D eigenvalue weighted by Gasteiger charge is -2.33. The second-order valence-corrected chi connectivity index (χ2v) is 12.6. The number of hydrogen-bond acceptors (Lipinski definition) is 7. The molecular formula is C27H36N4O4S2. The average Bonchev–Trinajstić information content (AvgIpc) is 3.32. The molecule has 1 fully saturated rings. The molecule has 0 aliphatic carbocycles. The highest BCUT2D eigenvalue weighted by Gasteiger charge is 2.35. The Morgan fingerprint density at radius 3 is 2.46 bits per heavy atom. The molecule has 1 aliphatic rings. The highest BCUT2D eigenvalue weighted by molar-refractivity contribution is 7.89. The molecule has 200 valence electrons. The second-order valence-electron chi connectivity index (χ2n) is 9.67. The number of aromatic nitrogens is 1. The molecule has 4 rings (SSSR count). The van der Waals surface area contributed by atoms with Gasteiger partial charge in [0.1, 0.15) is 11.3 Å². The Kier molecular flexibility index (Phi) is 8.84. The van der Waals surface area contributed by atoms with Crippen molar-refractivity contribution in [3.63, 3.8) is 0 Å². The molecule has 1 aromatic heterocycles. The average molecular weight is 545 g/mol. The molecule has 2 aromatic carbocycles. The van der Waals surface area contributed by atoms with E-state index in [9.17, 15) is 13.2 Å². The predicted molar refractivity (Wildman–Crippen MR) is 149 cm³/mol. The summed E-state index contributed by atoms with van der Waals surface area (Å²) in [5.74, 6) is 0.489. The maximum Gasteiger partial charge on any atom is 0.243 e. The Bertz CT molecular complexity index is 1310. The minimum atomic E-state index is -3.57. The molecule has 3 aromatic rings. The molecule has 1 amide bonds. The minimum Gasteiger partial charge on any atom is -0.492 e. The Morgan fingerprint density at radius 1 is 1.11 bits per heavy atom. The molecular weight excluding hydrogens is 508 g/mol. The van der Waals surface area contributed by atoms with Crippen molar-refractivity contribution in [3.8, 4) is 5.75 Å². The van der Waals surface area contributed by atoms with E-state index >= 15 is 0 Å². The van der Waals surface area contributed by atoms with Gasteiger partial charge in [0.05, 0.1) is 16.2 Å². The van der Waals surface area contributed by atoms with Crippen molar-refractivity contribution < 1.29 is 17.9 Å². The van der Waals surface area contributed by atoms with E-state index in [0.29, 0.717) is 49.1 Å². The van der Waals surface area contributed by atoms with Crippen molar-refractivity contribution in [1.29, 1.82) is 0 Å². The van der Waals surface area contributed by atoms with Crippen LogP contribution in [0.25, 0.3) is 10.2 Å². The molecule has 37 heavy (non-hydrogen) atoms. The van der Waals surface area contributed by atoms with Crippen molar-refractivity contribution >= 4 is 42.6 Å². The first-order chi connectivity index (χ1) is 17.7. The lowest BCUT2D eigenvalue weighted by atomic mass is 9.96. The number of nitrogens with zero attached hydrogens (tertiary/aromatic N) is 4. The highest BCUT2D eigenvalue weighted by Crippen LogP contribution is 2.36. The van der Waals surface area contributed by atoms with Gasteiger partial charge in [-0.1, -0.05) is 35.1 Å². The number of aryl methyl sites for hydroxylation is 1. The van der Waals surface area contributed by atoms with Gasteiger partial charge in [-0.05, 0) is 78.0 Å². The normalized spacial score (nSPS) is 15.4. The van der Waals surface area contributed by atoms with Crippen LogP contribution in [0.4, 0.5) is 5.13 Å². The van der Waals surface area contributed by atoms with Gasteiger partial charge in [0, 0.05) is 25.6 Å². The van der Waals surface area contributed by atoms with Crippen LogP contribution in [0.1, 0.15) is 31.7 Å². The Morgan fingerprint density at radius 2 is 1.81 bits per heavy atom. The highest BCUT2D eigenvalue weighted by atomic mass is 32.2. The van der Waals surface area contributed by atoms with Crippen LogP contribution in [0, 0.1) is 12.8 Å². The number of benzene rings is 2. The maximum absolute atomic E-state index is 13.8. The van der Waals surface area contributed by atoms with E-state index < -0.39 is 10.0 Å². The summed E-state index contributed by atoms with van der Waals surface area (Å²) < 4.78 is 34.5. The number of carbonyl (C=O) groups is 1. The van der Waals surface area contributed by atoms with E-state index in [-0.39, 0.29) is 11.8 Å². The van der Waals surface area contributed by atoms with Gasteiger partial charge in [-0.2, -0.15) is 4.31 Å². The summed E-state index contributed by atoms with van der Waals surface area (Å²) in [4.78, 5) is 22.8. The Balaban J connectivity index is 1.52. The molecule has 0 radical (unpaired) electrons. The second kappa shape index (κ2) is 11.9. The van der Waals surface area contributed by atoms with Crippen LogP contribution in [-0.2, 0) is 14.8 Å². The summed E-state index contributed by atoms with van der Waals surface area (Å²) in [5, 5.41) is 0.667. The van der Waals surface area contributed by atoms with Gasteiger partial charge >= 0.3 is 0 Å². The minimum absolute atomic E-state index is 0.0168. The van der Waals surface area contributed by atoms with E-state index in [1.807, 2.05) is 58.3 Å². The summed E-state index contributed by atoms with van der Waals surface area (Å²) in [7, 11) is 0.460. The van der Waals surface area contributed by atoms with E-state index in [4.69, 9.17) is 9.72 Å². The van der Waals surface area contributed by atoms with Crippen molar-refractivity contribution in [2.45, 2.75) is 38.0 Å². The van der Waals surface area contributed by atoms with E-state index in [1.165, 1.54) is 15.6 Å². The lowest BCUT2D eigenvalue weighted by molar-refractivity contribution is -0.123. The number of anilines is 1. The molecule has 0 spiro atoms. The largest absolute Gasteiger partial charge is 0.492 e. The first-order valence-electron chi connectivity index (χ1n) is 12.8. The first kappa shape index (κ1) is 27.5. The fraction of sp³-hybridized carbons (Fsp3) is 0.481. The molecule has 0 N–H and O–H groups in total. The molecule has 0 saturated carbocycles. The summed E-state index contributed by atoms with van der Waals surface area (Å²) in [6.07, 6.45) is 1.79. The number of rotatable bonds is 10. The standard InChI is InChI=1S/C27H36N4O4S2/c1-5-35-23-8-6-9-24-25(23)28-27(36-24)31(17-7-16-29(3)4)26(32)21-14-18-30(19-15-21)37(33,34)22-12-10-20(2)11-13-22/h6,8-13,21H,5,7,14-19H2,1-4H3. The number of amides is 1. The van der Waals surface area contributed by atoms with Gasteiger partial charge in [-0.3, -0.25) is 9.69 Å². The quantitative estimate of drug-likeness (QED) is 0.377. The number of thiazole rings is 1.